The summed E-state index contributed by atoms with van der Waals surface area (Å²) >= 11 is 1.58. The molecule has 0 bridgehead atoms. The zero-order valence-electron chi connectivity index (χ0n) is 10.5. The molecule has 0 atom stereocenters. The molecule has 0 spiro atoms. The number of halogens is 1. The van der Waals surface area contributed by atoms with Crippen LogP contribution in [0.1, 0.15) is 39.0 Å². The number of hydrogen-bond donors (Lipinski definition) is 0. The van der Waals surface area contributed by atoms with Crippen molar-refractivity contribution < 1.29 is 22.1 Å². The van der Waals surface area contributed by atoms with Gasteiger partial charge in [-0.2, -0.15) is 0 Å². The first-order valence-electron chi connectivity index (χ1n) is 6.18. The normalized spacial score (nSPS) is 23.4. The molecular weight excluding hydrogens is 351 g/mol. The van der Waals surface area contributed by atoms with Crippen LogP contribution in [0.3, 0.4) is 0 Å². The molecule has 0 aromatic heterocycles. The van der Waals surface area contributed by atoms with Crippen molar-refractivity contribution in [1.29, 1.82) is 0 Å². The monoisotopic (exact) mass is 370 g/mol. The Hall–Kier alpha value is -0.370. The van der Waals surface area contributed by atoms with Gasteiger partial charge in [0.05, 0.1) is 25.7 Å². The van der Waals surface area contributed by atoms with E-state index < -0.39 is 0 Å². The van der Waals surface area contributed by atoms with Crippen molar-refractivity contribution in [3.05, 3.63) is 0 Å². The lowest BCUT2D eigenvalue weighted by molar-refractivity contribution is -0.142. The molecular formula is C12H19IO5. The Labute approximate surface area is 121 Å². The lowest BCUT2D eigenvalue weighted by atomic mass is 9.88. The molecule has 0 aliphatic heterocycles. The van der Waals surface area contributed by atoms with Gasteiger partial charge in [-0.1, -0.05) is 0 Å². The Kier molecular flexibility index (Phi) is 7.57. The van der Waals surface area contributed by atoms with E-state index in [1.54, 1.807) is 23.0 Å². The van der Waals surface area contributed by atoms with E-state index in [9.17, 15) is 9.59 Å². The average Bonchev–Trinajstić information content (AvgIpc) is 2.37. The Balaban J connectivity index is 2.08. The van der Waals surface area contributed by atoms with Crippen molar-refractivity contribution in [2.75, 3.05) is 13.2 Å². The highest BCUT2D eigenvalue weighted by Crippen LogP contribution is 2.26. The Morgan fingerprint density at radius 2 is 1.89 bits per heavy atom. The van der Waals surface area contributed by atoms with Gasteiger partial charge < -0.3 is 12.5 Å². The minimum Gasteiger partial charge on any atom is -0.466 e. The molecule has 1 aliphatic rings. The van der Waals surface area contributed by atoms with Gasteiger partial charge in [-0.05, 0) is 31.6 Å². The maximum absolute atomic E-state index is 10.9. The predicted molar refractivity (Wildman–Crippen MR) is 73.1 cm³/mol. The second-order valence-electron chi connectivity index (χ2n) is 4.52. The molecule has 0 saturated heterocycles. The van der Waals surface area contributed by atoms with Gasteiger partial charge >= 0.3 is 11.9 Å². The first-order chi connectivity index (χ1) is 8.61. The van der Waals surface area contributed by atoms with Crippen LogP contribution < -0.4 is 0 Å². The minimum absolute atomic E-state index is 0.217. The molecule has 104 valence electrons. The van der Waals surface area contributed by atoms with E-state index in [0.29, 0.717) is 25.6 Å². The summed E-state index contributed by atoms with van der Waals surface area (Å²) in [6.45, 7) is 2.37. The first-order valence-corrected chi connectivity index (χ1v) is 7.06. The van der Waals surface area contributed by atoms with Crippen LogP contribution in [0, 0.1) is 5.92 Å². The topological polar surface area (TPSA) is 61.8 Å². The van der Waals surface area contributed by atoms with Crippen LogP contribution in [0.4, 0.5) is 0 Å². The van der Waals surface area contributed by atoms with E-state index in [1.165, 1.54) is 6.92 Å². The molecule has 0 amide bonds. The van der Waals surface area contributed by atoms with Crippen molar-refractivity contribution in [3.8, 4) is 0 Å². The molecule has 0 unspecified atom stereocenters. The van der Waals surface area contributed by atoms with E-state index in [0.717, 1.165) is 25.7 Å². The quantitative estimate of drug-likeness (QED) is 0.531. The van der Waals surface area contributed by atoms with Crippen LogP contribution in [-0.2, 0) is 22.1 Å². The molecule has 0 radical (unpaired) electrons. The van der Waals surface area contributed by atoms with Gasteiger partial charge in [-0.25, -0.2) is 0 Å². The fourth-order valence-electron chi connectivity index (χ4n) is 2.05. The third-order valence-electron chi connectivity index (χ3n) is 3.06. The minimum atomic E-state index is -0.251. The van der Waals surface area contributed by atoms with Gasteiger partial charge in [0, 0.05) is 6.92 Å². The molecule has 1 rings (SSSR count). The lowest BCUT2D eigenvalue weighted by Gasteiger charge is -2.28. The van der Waals surface area contributed by atoms with Crippen LogP contribution >= 0.6 is 23.0 Å². The predicted octanol–water partition coefficient (Wildman–Crippen LogP) is 2.41. The van der Waals surface area contributed by atoms with E-state index in [2.05, 4.69) is 3.07 Å². The largest absolute Gasteiger partial charge is 0.466 e. The van der Waals surface area contributed by atoms with Crippen molar-refractivity contribution in [2.24, 2.45) is 5.92 Å². The summed E-state index contributed by atoms with van der Waals surface area (Å²) in [4.78, 5) is 21.6. The maximum atomic E-state index is 10.9. The highest BCUT2D eigenvalue weighted by molar-refractivity contribution is 14.1. The van der Waals surface area contributed by atoms with Crippen LogP contribution in [0.5, 0.6) is 0 Å². The van der Waals surface area contributed by atoms with Crippen molar-refractivity contribution in [3.63, 3.8) is 0 Å². The second-order valence-corrected chi connectivity index (χ2v) is 4.96. The lowest BCUT2D eigenvalue weighted by Crippen LogP contribution is -2.25. The SMILES string of the molecule is CC(=O)OCC1CCC(OCCC(=O)OI)CC1. The molecule has 0 aromatic carbocycles. The smallest absolute Gasteiger partial charge is 0.317 e. The van der Waals surface area contributed by atoms with Gasteiger partial charge in [0.2, 0.25) is 0 Å². The van der Waals surface area contributed by atoms with Gasteiger partial charge in [0.15, 0.2) is 23.0 Å². The van der Waals surface area contributed by atoms with Crippen LogP contribution in [-0.4, -0.2) is 31.3 Å². The van der Waals surface area contributed by atoms with E-state index >= 15 is 0 Å². The van der Waals surface area contributed by atoms with Crippen molar-refractivity contribution in [1.82, 2.24) is 0 Å². The summed E-state index contributed by atoms with van der Waals surface area (Å²) in [6, 6.07) is 0. The summed E-state index contributed by atoms with van der Waals surface area (Å²) in [6.07, 6.45) is 4.47. The van der Waals surface area contributed by atoms with Crippen LogP contribution in [0.15, 0.2) is 0 Å². The Morgan fingerprint density at radius 1 is 1.22 bits per heavy atom. The molecule has 1 fully saturated rings. The summed E-state index contributed by atoms with van der Waals surface area (Å²) in [5.41, 5.74) is 0. The number of hydrogen-bond acceptors (Lipinski definition) is 5. The second kappa shape index (κ2) is 8.68. The number of carbonyl (C=O) groups is 2. The highest BCUT2D eigenvalue weighted by Gasteiger charge is 2.22. The fourth-order valence-corrected chi connectivity index (χ4v) is 2.27. The summed E-state index contributed by atoms with van der Waals surface area (Å²) in [7, 11) is 0. The molecule has 5 nitrogen and oxygen atoms in total. The summed E-state index contributed by atoms with van der Waals surface area (Å²) in [5, 5.41) is 0. The van der Waals surface area contributed by atoms with Crippen molar-refractivity contribution >= 4 is 34.9 Å². The standard InChI is InChI=1S/C12H19IO5/c1-9(14)17-8-10-2-4-11(5-3-10)16-7-6-12(15)18-13/h10-11H,2-8H2,1H3. The molecule has 0 N–H and O–H groups in total. The van der Waals surface area contributed by atoms with E-state index in [-0.39, 0.29) is 18.0 Å². The number of ether oxygens (including phenoxy) is 2. The Bertz CT molecular complexity index is 274. The van der Waals surface area contributed by atoms with Gasteiger partial charge in [-0.15, -0.1) is 0 Å². The maximum Gasteiger partial charge on any atom is 0.317 e. The summed E-state index contributed by atoms with van der Waals surface area (Å²) in [5.74, 6) is -0.0158. The third kappa shape index (κ3) is 6.53. The Morgan fingerprint density at radius 3 is 2.44 bits per heavy atom. The van der Waals surface area contributed by atoms with Gasteiger partial charge in [0.1, 0.15) is 0 Å². The number of esters is 1. The van der Waals surface area contributed by atoms with E-state index in [1.807, 2.05) is 0 Å². The van der Waals surface area contributed by atoms with Crippen LogP contribution in [0.25, 0.3) is 0 Å². The first kappa shape index (κ1) is 15.7. The van der Waals surface area contributed by atoms with Crippen LogP contribution in [0.2, 0.25) is 0 Å². The summed E-state index contributed by atoms with van der Waals surface area (Å²) < 4.78 is 15.1. The van der Waals surface area contributed by atoms with Crippen molar-refractivity contribution in [2.45, 2.75) is 45.1 Å². The fraction of sp³-hybridized carbons (Fsp3) is 0.833. The molecule has 1 saturated carbocycles. The van der Waals surface area contributed by atoms with E-state index in [4.69, 9.17) is 9.47 Å². The highest BCUT2D eigenvalue weighted by atomic mass is 127. The molecule has 1 aliphatic carbocycles. The molecule has 0 aromatic rings. The number of carbonyl (C=O) groups excluding carboxylic acids is 2. The molecule has 6 heteroatoms. The van der Waals surface area contributed by atoms with Gasteiger partial charge in [0.25, 0.3) is 0 Å². The van der Waals surface area contributed by atoms with Gasteiger partial charge in [-0.3, -0.25) is 9.59 Å². The zero-order valence-corrected chi connectivity index (χ0v) is 12.7. The zero-order chi connectivity index (χ0) is 13.4. The average molecular weight is 370 g/mol. The molecule has 0 heterocycles. The third-order valence-corrected chi connectivity index (χ3v) is 3.55. The molecule has 18 heavy (non-hydrogen) atoms. The number of rotatable bonds is 6.